The lowest BCUT2D eigenvalue weighted by molar-refractivity contribution is -0.154. The quantitative estimate of drug-likeness (QED) is 0.779. The normalized spacial score (nSPS) is 32.1. The van der Waals surface area contributed by atoms with E-state index in [2.05, 4.69) is 24.1 Å². The van der Waals surface area contributed by atoms with Gasteiger partial charge in [-0.05, 0) is 56.8 Å². The molecule has 0 spiro atoms. The number of halogens is 1. The number of methoxy groups -OCH3 is 1. The van der Waals surface area contributed by atoms with Gasteiger partial charge >= 0.3 is 5.97 Å². The molecule has 2 saturated heterocycles. The molecule has 0 radical (unpaired) electrons. The molecule has 4 rings (SSSR count). The number of hydrogen-bond acceptors (Lipinski definition) is 4. The van der Waals surface area contributed by atoms with Crippen molar-refractivity contribution in [2.24, 2.45) is 5.92 Å². The van der Waals surface area contributed by atoms with Crippen LogP contribution in [0.3, 0.4) is 0 Å². The third-order valence-corrected chi connectivity index (χ3v) is 5.89. The van der Waals surface area contributed by atoms with E-state index in [-0.39, 0.29) is 36.3 Å². The van der Waals surface area contributed by atoms with E-state index >= 15 is 0 Å². The van der Waals surface area contributed by atoms with Crippen molar-refractivity contribution in [3.05, 3.63) is 29.8 Å². The maximum absolute atomic E-state index is 12.8. The molecule has 24 heavy (non-hydrogen) atoms. The van der Waals surface area contributed by atoms with Gasteiger partial charge in [0.05, 0.1) is 13.0 Å². The SMILES string of the molecule is COc1ccc([C@H]2C[C@H]3CC[C@H]([C@H]2C(=O)OC2CC2)N3C)cc1.Cl. The van der Waals surface area contributed by atoms with Gasteiger partial charge in [-0.15, -0.1) is 12.4 Å². The fourth-order valence-corrected chi connectivity index (χ4v) is 4.41. The number of esters is 1. The number of nitrogens with zero attached hydrogens (tertiary/aromatic N) is 1. The van der Waals surface area contributed by atoms with Crippen LogP contribution in [0.5, 0.6) is 5.75 Å². The Balaban J connectivity index is 0.00000169. The van der Waals surface area contributed by atoms with Gasteiger partial charge in [0.2, 0.25) is 0 Å². The Kier molecular flexibility index (Phi) is 5.07. The third kappa shape index (κ3) is 3.14. The predicted octanol–water partition coefficient (Wildman–Crippen LogP) is 3.39. The summed E-state index contributed by atoms with van der Waals surface area (Å²) in [6.45, 7) is 0. The van der Waals surface area contributed by atoms with Crippen molar-refractivity contribution >= 4 is 18.4 Å². The molecule has 1 aliphatic carbocycles. The van der Waals surface area contributed by atoms with Crippen molar-refractivity contribution in [1.29, 1.82) is 0 Å². The van der Waals surface area contributed by atoms with Crippen LogP contribution in [0.15, 0.2) is 24.3 Å². The van der Waals surface area contributed by atoms with E-state index in [0.29, 0.717) is 12.1 Å². The summed E-state index contributed by atoms with van der Waals surface area (Å²) >= 11 is 0. The van der Waals surface area contributed by atoms with Crippen molar-refractivity contribution in [3.63, 3.8) is 0 Å². The highest BCUT2D eigenvalue weighted by molar-refractivity contribution is 5.85. The Morgan fingerprint density at radius 3 is 2.46 bits per heavy atom. The minimum Gasteiger partial charge on any atom is -0.497 e. The molecule has 1 aromatic rings. The Morgan fingerprint density at radius 2 is 1.83 bits per heavy atom. The Labute approximate surface area is 149 Å². The van der Waals surface area contributed by atoms with Crippen molar-refractivity contribution in [2.45, 2.75) is 56.2 Å². The molecule has 1 saturated carbocycles. The summed E-state index contributed by atoms with van der Waals surface area (Å²) in [5.74, 6) is 1.11. The van der Waals surface area contributed by atoms with Gasteiger partial charge in [0, 0.05) is 18.0 Å². The first-order valence-corrected chi connectivity index (χ1v) is 8.73. The zero-order valence-electron chi connectivity index (χ0n) is 14.3. The van der Waals surface area contributed by atoms with Gasteiger partial charge in [-0.25, -0.2) is 0 Å². The van der Waals surface area contributed by atoms with E-state index in [0.717, 1.165) is 31.4 Å². The minimum absolute atomic E-state index is 0. The number of piperidine rings is 1. The Hall–Kier alpha value is -1.26. The van der Waals surface area contributed by atoms with Crippen LogP contribution in [-0.2, 0) is 9.53 Å². The van der Waals surface area contributed by atoms with Crippen molar-refractivity contribution in [3.8, 4) is 5.75 Å². The van der Waals surface area contributed by atoms with Gasteiger partial charge in [0.25, 0.3) is 0 Å². The summed E-state index contributed by atoms with van der Waals surface area (Å²) in [4.78, 5) is 15.2. The second kappa shape index (κ2) is 6.93. The maximum Gasteiger partial charge on any atom is 0.311 e. The molecule has 3 fully saturated rings. The lowest BCUT2D eigenvalue weighted by atomic mass is 9.76. The van der Waals surface area contributed by atoms with Gasteiger partial charge < -0.3 is 9.47 Å². The van der Waals surface area contributed by atoms with Crippen molar-refractivity contribution < 1.29 is 14.3 Å². The molecule has 132 valence electrons. The van der Waals surface area contributed by atoms with Crippen LogP contribution in [0.4, 0.5) is 0 Å². The van der Waals surface area contributed by atoms with Gasteiger partial charge in [-0.3, -0.25) is 9.69 Å². The average molecular weight is 352 g/mol. The lowest BCUT2D eigenvalue weighted by Gasteiger charge is -2.42. The van der Waals surface area contributed by atoms with E-state index in [1.54, 1.807) is 7.11 Å². The highest BCUT2D eigenvalue weighted by atomic mass is 35.5. The van der Waals surface area contributed by atoms with E-state index in [1.165, 1.54) is 12.0 Å². The molecule has 0 unspecified atom stereocenters. The summed E-state index contributed by atoms with van der Waals surface area (Å²) in [5, 5.41) is 0. The van der Waals surface area contributed by atoms with Gasteiger partial charge in [0.1, 0.15) is 11.9 Å². The smallest absolute Gasteiger partial charge is 0.311 e. The summed E-state index contributed by atoms with van der Waals surface area (Å²) in [7, 11) is 3.85. The van der Waals surface area contributed by atoms with E-state index < -0.39 is 0 Å². The van der Waals surface area contributed by atoms with Crippen LogP contribution >= 0.6 is 12.4 Å². The number of carbonyl (C=O) groups is 1. The number of hydrogen-bond donors (Lipinski definition) is 0. The van der Waals surface area contributed by atoms with E-state index in [1.807, 2.05) is 12.1 Å². The minimum atomic E-state index is -0.0345. The Morgan fingerprint density at radius 1 is 1.12 bits per heavy atom. The zero-order chi connectivity index (χ0) is 16.0. The van der Waals surface area contributed by atoms with Gasteiger partial charge in [-0.2, -0.15) is 0 Å². The number of benzene rings is 1. The summed E-state index contributed by atoms with van der Waals surface area (Å²) < 4.78 is 11.0. The highest BCUT2D eigenvalue weighted by Crippen LogP contribution is 2.47. The predicted molar refractivity (Wildman–Crippen MR) is 94.8 cm³/mol. The monoisotopic (exact) mass is 351 g/mol. The first-order chi connectivity index (χ1) is 11.2. The van der Waals surface area contributed by atoms with Crippen LogP contribution in [0.1, 0.15) is 43.6 Å². The van der Waals surface area contributed by atoms with E-state index in [9.17, 15) is 4.79 Å². The van der Waals surface area contributed by atoms with Crippen LogP contribution in [-0.4, -0.2) is 43.2 Å². The Bertz CT molecular complexity index is 587. The fourth-order valence-electron chi connectivity index (χ4n) is 4.41. The summed E-state index contributed by atoms with van der Waals surface area (Å²) in [5.41, 5.74) is 1.24. The number of carbonyl (C=O) groups excluding carboxylic acids is 1. The average Bonchev–Trinajstić information content (AvgIpc) is 3.34. The molecule has 1 aromatic carbocycles. The molecular weight excluding hydrogens is 326 g/mol. The molecular formula is C19H26ClNO3. The topological polar surface area (TPSA) is 38.8 Å². The van der Waals surface area contributed by atoms with Crippen LogP contribution in [0.25, 0.3) is 0 Å². The molecule has 5 heteroatoms. The highest BCUT2D eigenvalue weighted by Gasteiger charge is 2.50. The van der Waals surface area contributed by atoms with Gasteiger partial charge in [0.15, 0.2) is 0 Å². The molecule has 2 bridgehead atoms. The second-order valence-corrected chi connectivity index (χ2v) is 7.24. The van der Waals surface area contributed by atoms with Crippen LogP contribution < -0.4 is 4.74 Å². The van der Waals surface area contributed by atoms with Crippen molar-refractivity contribution in [1.82, 2.24) is 4.90 Å². The van der Waals surface area contributed by atoms with Crippen molar-refractivity contribution in [2.75, 3.05) is 14.2 Å². The molecule has 4 nitrogen and oxygen atoms in total. The summed E-state index contributed by atoms with van der Waals surface area (Å²) in [6.07, 6.45) is 5.61. The van der Waals surface area contributed by atoms with Gasteiger partial charge in [-0.1, -0.05) is 12.1 Å². The number of fused-ring (bicyclic) bond motifs is 2. The third-order valence-electron chi connectivity index (χ3n) is 5.89. The molecule has 3 aliphatic rings. The molecule has 0 N–H and O–H groups in total. The molecule has 2 aliphatic heterocycles. The molecule has 2 heterocycles. The molecule has 0 amide bonds. The van der Waals surface area contributed by atoms with E-state index in [4.69, 9.17) is 9.47 Å². The first kappa shape index (κ1) is 17.6. The second-order valence-electron chi connectivity index (χ2n) is 7.24. The molecule has 0 aromatic heterocycles. The number of ether oxygens (including phenoxy) is 2. The fraction of sp³-hybridized carbons (Fsp3) is 0.632. The zero-order valence-corrected chi connectivity index (χ0v) is 15.1. The first-order valence-electron chi connectivity index (χ1n) is 8.73. The van der Waals surface area contributed by atoms with Crippen LogP contribution in [0.2, 0.25) is 0 Å². The van der Waals surface area contributed by atoms with Crippen LogP contribution in [0, 0.1) is 5.92 Å². The summed E-state index contributed by atoms with van der Waals surface area (Å²) in [6, 6.07) is 9.15. The standard InChI is InChI=1S/C19H25NO3.ClH/c1-20-13-5-10-17(20)18(19(21)23-15-8-9-15)16(11-13)12-3-6-14(22-2)7-4-12;/h3-4,6-7,13,15-18H,5,8-11H2,1-2H3;1H/t13-,16-,17-,18+;/m1./s1. The maximum atomic E-state index is 12.8. The lowest BCUT2D eigenvalue weighted by Crippen LogP contribution is -2.49. The number of rotatable bonds is 4. The molecule has 4 atom stereocenters. The largest absolute Gasteiger partial charge is 0.497 e.